The van der Waals surface area contributed by atoms with Gasteiger partial charge in [0.2, 0.25) is 5.91 Å². The summed E-state index contributed by atoms with van der Waals surface area (Å²) in [7, 11) is 0. The summed E-state index contributed by atoms with van der Waals surface area (Å²) in [6.45, 7) is 2.72. The quantitative estimate of drug-likeness (QED) is 0.917. The minimum atomic E-state index is 0.181. The summed E-state index contributed by atoms with van der Waals surface area (Å²) in [5, 5.41) is 3.20. The van der Waals surface area contributed by atoms with Crippen molar-refractivity contribution in [2.75, 3.05) is 11.4 Å². The van der Waals surface area contributed by atoms with Crippen molar-refractivity contribution in [3.63, 3.8) is 0 Å². The number of nitrogens with zero attached hydrogens (tertiary/aromatic N) is 1. The van der Waals surface area contributed by atoms with E-state index in [-0.39, 0.29) is 5.91 Å². The Kier molecular flexibility index (Phi) is 3.95. The molecule has 1 saturated carbocycles. The van der Waals surface area contributed by atoms with Crippen LogP contribution in [0.2, 0.25) is 0 Å². The van der Waals surface area contributed by atoms with Gasteiger partial charge in [0.1, 0.15) is 0 Å². The molecular formula is C17H24N2O. The number of hydrogen-bond acceptors (Lipinski definition) is 2. The molecule has 1 amide bonds. The molecule has 0 saturated heterocycles. The molecule has 1 aliphatic heterocycles. The number of aryl methyl sites for hydroxylation is 1. The van der Waals surface area contributed by atoms with Crippen molar-refractivity contribution >= 4 is 11.6 Å². The van der Waals surface area contributed by atoms with E-state index < -0.39 is 0 Å². The molecule has 3 heteroatoms. The third-order valence-corrected chi connectivity index (χ3v) is 4.70. The first-order chi connectivity index (χ1) is 9.74. The van der Waals surface area contributed by atoms with E-state index in [9.17, 15) is 4.79 Å². The number of carbonyl (C=O) groups is 1. The van der Waals surface area contributed by atoms with Crippen LogP contribution in [-0.4, -0.2) is 24.5 Å². The lowest BCUT2D eigenvalue weighted by molar-refractivity contribution is -0.120. The fourth-order valence-corrected chi connectivity index (χ4v) is 3.50. The van der Waals surface area contributed by atoms with Gasteiger partial charge < -0.3 is 10.2 Å². The standard InChI is InChI=1S/C17H24N2O/c1-13-10-11-14-6-2-5-9-16(14)19(13)12-17(20)18-15-7-3-4-8-15/h2,5-6,9,13,15H,3-4,7-8,10-12H2,1H3,(H,18,20)/t13-/m0/s1. The zero-order valence-corrected chi connectivity index (χ0v) is 12.3. The largest absolute Gasteiger partial charge is 0.359 e. The van der Waals surface area contributed by atoms with E-state index in [1.165, 1.54) is 24.1 Å². The van der Waals surface area contributed by atoms with E-state index in [1.807, 2.05) is 0 Å². The number of carbonyl (C=O) groups excluding carboxylic acids is 1. The Morgan fingerprint density at radius 1 is 1.25 bits per heavy atom. The molecule has 1 heterocycles. The van der Waals surface area contributed by atoms with Crippen molar-refractivity contribution in [2.45, 2.75) is 57.5 Å². The summed E-state index contributed by atoms with van der Waals surface area (Å²) < 4.78 is 0. The molecule has 2 aliphatic rings. The first kappa shape index (κ1) is 13.5. The maximum atomic E-state index is 12.3. The first-order valence-electron chi connectivity index (χ1n) is 7.88. The van der Waals surface area contributed by atoms with Crippen LogP contribution in [0.4, 0.5) is 5.69 Å². The van der Waals surface area contributed by atoms with Crippen LogP contribution in [0.3, 0.4) is 0 Å². The second kappa shape index (κ2) is 5.86. The summed E-state index contributed by atoms with van der Waals surface area (Å²) >= 11 is 0. The molecule has 1 atom stereocenters. The lowest BCUT2D eigenvalue weighted by Gasteiger charge is -2.36. The van der Waals surface area contributed by atoms with Crippen molar-refractivity contribution < 1.29 is 4.79 Å². The van der Waals surface area contributed by atoms with Gasteiger partial charge in [0.25, 0.3) is 0 Å². The van der Waals surface area contributed by atoms with Gasteiger partial charge >= 0.3 is 0 Å². The fourth-order valence-electron chi connectivity index (χ4n) is 3.50. The van der Waals surface area contributed by atoms with E-state index in [4.69, 9.17) is 0 Å². The summed E-state index contributed by atoms with van der Waals surface area (Å²) in [4.78, 5) is 14.5. The van der Waals surface area contributed by atoms with E-state index in [0.717, 1.165) is 25.7 Å². The zero-order valence-electron chi connectivity index (χ0n) is 12.3. The highest BCUT2D eigenvalue weighted by Crippen LogP contribution is 2.30. The third kappa shape index (κ3) is 2.82. The molecule has 1 aliphatic carbocycles. The van der Waals surface area contributed by atoms with Crippen LogP contribution >= 0.6 is 0 Å². The zero-order chi connectivity index (χ0) is 13.9. The minimum absolute atomic E-state index is 0.181. The first-order valence-corrected chi connectivity index (χ1v) is 7.88. The Labute approximate surface area is 121 Å². The molecule has 1 aromatic rings. The molecule has 0 aromatic heterocycles. The number of para-hydroxylation sites is 1. The van der Waals surface area contributed by atoms with Crippen LogP contribution < -0.4 is 10.2 Å². The average Bonchev–Trinajstić information content (AvgIpc) is 2.95. The van der Waals surface area contributed by atoms with Gasteiger partial charge in [-0.1, -0.05) is 31.0 Å². The predicted octanol–water partition coefficient (Wildman–Crippen LogP) is 2.89. The van der Waals surface area contributed by atoms with Crippen LogP contribution in [0.1, 0.15) is 44.6 Å². The topological polar surface area (TPSA) is 32.3 Å². The number of nitrogens with one attached hydrogen (secondary N) is 1. The van der Waals surface area contributed by atoms with Gasteiger partial charge in [-0.15, -0.1) is 0 Å². The highest BCUT2D eigenvalue weighted by atomic mass is 16.2. The normalized spacial score (nSPS) is 22.6. The predicted molar refractivity (Wildman–Crippen MR) is 82.0 cm³/mol. The lowest BCUT2D eigenvalue weighted by atomic mass is 9.96. The van der Waals surface area contributed by atoms with E-state index in [0.29, 0.717) is 18.6 Å². The number of hydrogen-bond donors (Lipinski definition) is 1. The Morgan fingerprint density at radius 2 is 2.00 bits per heavy atom. The monoisotopic (exact) mass is 272 g/mol. The van der Waals surface area contributed by atoms with Crippen LogP contribution in [0, 0.1) is 0 Å². The van der Waals surface area contributed by atoms with Gasteiger partial charge in [-0.2, -0.15) is 0 Å². The second-order valence-electron chi connectivity index (χ2n) is 6.19. The number of amides is 1. The highest BCUT2D eigenvalue weighted by molar-refractivity contribution is 5.82. The van der Waals surface area contributed by atoms with E-state index >= 15 is 0 Å². The van der Waals surface area contributed by atoms with E-state index in [2.05, 4.69) is 41.4 Å². The molecule has 0 spiro atoms. The van der Waals surface area contributed by atoms with Crippen molar-refractivity contribution in [3.05, 3.63) is 29.8 Å². The van der Waals surface area contributed by atoms with Crippen molar-refractivity contribution in [1.82, 2.24) is 5.32 Å². The van der Waals surface area contributed by atoms with Crippen LogP contribution in [0.15, 0.2) is 24.3 Å². The van der Waals surface area contributed by atoms with Gasteiger partial charge in [-0.25, -0.2) is 0 Å². The molecule has 108 valence electrons. The number of benzene rings is 1. The summed E-state index contributed by atoms with van der Waals surface area (Å²) in [6, 6.07) is 9.35. The number of anilines is 1. The van der Waals surface area contributed by atoms with Crippen LogP contribution in [0.25, 0.3) is 0 Å². The Hall–Kier alpha value is -1.51. The van der Waals surface area contributed by atoms with Gasteiger partial charge in [0.15, 0.2) is 0 Å². The van der Waals surface area contributed by atoms with Crippen LogP contribution in [-0.2, 0) is 11.2 Å². The highest BCUT2D eigenvalue weighted by Gasteiger charge is 2.25. The summed E-state index contributed by atoms with van der Waals surface area (Å²) in [5.74, 6) is 0.181. The SMILES string of the molecule is C[C@H]1CCc2ccccc2N1CC(=O)NC1CCCC1. The fraction of sp³-hybridized carbons (Fsp3) is 0.588. The molecular weight excluding hydrogens is 248 g/mol. The number of fused-ring (bicyclic) bond motifs is 1. The third-order valence-electron chi connectivity index (χ3n) is 4.70. The second-order valence-corrected chi connectivity index (χ2v) is 6.19. The molecule has 20 heavy (non-hydrogen) atoms. The molecule has 1 N–H and O–H groups in total. The Morgan fingerprint density at radius 3 is 2.80 bits per heavy atom. The maximum absolute atomic E-state index is 12.3. The van der Waals surface area contributed by atoms with Crippen LogP contribution in [0.5, 0.6) is 0 Å². The molecule has 1 fully saturated rings. The summed E-state index contributed by atoms with van der Waals surface area (Å²) in [6.07, 6.45) is 7.07. The van der Waals surface area contributed by atoms with E-state index in [1.54, 1.807) is 0 Å². The molecule has 0 unspecified atom stereocenters. The summed E-state index contributed by atoms with van der Waals surface area (Å²) in [5.41, 5.74) is 2.62. The van der Waals surface area contributed by atoms with Gasteiger partial charge in [0, 0.05) is 17.8 Å². The maximum Gasteiger partial charge on any atom is 0.239 e. The van der Waals surface area contributed by atoms with Crippen molar-refractivity contribution in [1.29, 1.82) is 0 Å². The smallest absolute Gasteiger partial charge is 0.239 e. The molecule has 3 rings (SSSR count). The van der Waals surface area contributed by atoms with Gasteiger partial charge in [-0.3, -0.25) is 4.79 Å². The molecule has 0 radical (unpaired) electrons. The van der Waals surface area contributed by atoms with Gasteiger partial charge in [0.05, 0.1) is 6.54 Å². The lowest BCUT2D eigenvalue weighted by Crippen LogP contribution is -2.46. The number of rotatable bonds is 3. The minimum Gasteiger partial charge on any atom is -0.359 e. The Bertz CT molecular complexity index is 480. The van der Waals surface area contributed by atoms with Crippen molar-refractivity contribution in [3.8, 4) is 0 Å². The molecule has 0 bridgehead atoms. The van der Waals surface area contributed by atoms with Gasteiger partial charge in [-0.05, 0) is 44.2 Å². The average molecular weight is 272 g/mol. The molecule has 1 aromatic carbocycles. The van der Waals surface area contributed by atoms with Crippen molar-refractivity contribution in [2.24, 2.45) is 0 Å². The Balaban J connectivity index is 1.68. The molecule has 3 nitrogen and oxygen atoms in total.